The molecule has 7 heteroatoms. The molecule has 1 aromatic rings. The molecule has 0 aromatic heterocycles. The number of amides is 1. The number of carbonyl (C=O) groups is 2. The number of rotatable bonds is 3. The first-order valence-electron chi connectivity index (χ1n) is 6.46. The van der Waals surface area contributed by atoms with Crippen molar-refractivity contribution < 1.29 is 24.5 Å². The molecule has 0 atom stereocenters. The van der Waals surface area contributed by atoms with Crippen LogP contribution in [0.3, 0.4) is 0 Å². The second-order valence-electron chi connectivity index (χ2n) is 4.97. The van der Waals surface area contributed by atoms with Crippen LogP contribution in [0.25, 0.3) is 0 Å². The number of carboxylic acids is 1. The quantitative estimate of drug-likeness (QED) is 0.855. The monoisotopic (exact) mass is 357 g/mol. The summed E-state index contributed by atoms with van der Waals surface area (Å²) in [7, 11) is 1.52. The number of carboxylic acid groups (broad SMARTS) is 1. The molecule has 0 bridgehead atoms. The number of aliphatic carboxylic acids is 1. The lowest BCUT2D eigenvalue weighted by molar-refractivity contribution is -0.162. The van der Waals surface area contributed by atoms with Gasteiger partial charge in [-0.25, -0.2) is 4.79 Å². The van der Waals surface area contributed by atoms with Gasteiger partial charge in [0, 0.05) is 30.4 Å². The van der Waals surface area contributed by atoms with Gasteiger partial charge in [-0.3, -0.25) is 4.79 Å². The van der Waals surface area contributed by atoms with Crippen LogP contribution in [-0.2, 0) is 4.79 Å². The lowest BCUT2D eigenvalue weighted by Gasteiger charge is -2.35. The molecule has 0 aliphatic carbocycles. The van der Waals surface area contributed by atoms with Crippen molar-refractivity contribution in [3.8, 4) is 5.75 Å². The maximum Gasteiger partial charge on any atom is 0.335 e. The van der Waals surface area contributed by atoms with Crippen LogP contribution in [0, 0.1) is 0 Å². The largest absolute Gasteiger partial charge is 0.497 e. The van der Waals surface area contributed by atoms with E-state index in [-0.39, 0.29) is 31.8 Å². The van der Waals surface area contributed by atoms with E-state index in [4.69, 9.17) is 9.84 Å². The Bertz CT molecular complexity index is 566. The van der Waals surface area contributed by atoms with E-state index in [0.717, 1.165) is 0 Å². The zero-order chi connectivity index (χ0) is 15.6. The third-order valence-corrected chi connectivity index (χ3v) is 4.37. The molecule has 1 heterocycles. The van der Waals surface area contributed by atoms with E-state index in [2.05, 4.69) is 15.9 Å². The van der Waals surface area contributed by atoms with E-state index < -0.39 is 11.6 Å². The van der Waals surface area contributed by atoms with Gasteiger partial charge in [-0.05, 0) is 34.1 Å². The van der Waals surface area contributed by atoms with Crippen molar-refractivity contribution >= 4 is 27.8 Å². The van der Waals surface area contributed by atoms with Gasteiger partial charge < -0.3 is 19.8 Å². The number of benzene rings is 1. The van der Waals surface area contributed by atoms with E-state index in [0.29, 0.717) is 15.8 Å². The van der Waals surface area contributed by atoms with Gasteiger partial charge in [0.25, 0.3) is 5.91 Å². The molecule has 6 nitrogen and oxygen atoms in total. The number of halogens is 1. The molecule has 1 amide bonds. The number of piperidine rings is 1. The zero-order valence-corrected chi connectivity index (χ0v) is 13.1. The van der Waals surface area contributed by atoms with E-state index in [1.165, 1.54) is 12.0 Å². The van der Waals surface area contributed by atoms with Gasteiger partial charge in [-0.1, -0.05) is 0 Å². The molecule has 1 fully saturated rings. The van der Waals surface area contributed by atoms with E-state index >= 15 is 0 Å². The number of hydrogen-bond acceptors (Lipinski definition) is 4. The Morgan fingerprint density at radius 1 is 1.33 bits per heavy atom. The summed E-state index contributed by atoms with van der Waals surface area (Å²) in [6, 6.07) is 5.09. The van der Waals surface area contributed by atoms with Crippen molar-refractivity contribution in [3.63, 3.8) is 0 Å². The Morgan fingerprint density at radius 2 is 1.95 bits per heavy atom. The van der Waals surface area contributed by atoms with E-state index in [1.54, 1.807) is 18.2 Å². The minimum Gasteiger partial charge on any atom is -0.497 e. The summed E-state index contributed by atoms with van der Waals surface area (Å²) in [6.07, 6.45) is 0.0469. The molecular weight excluding hydrogens is 342 g/mol. The van der Waals surface area contributed by atoms with E-state index in [9.17, 15) is 14.7 Å². The molecule has 0 radical (unpaired) electrons. The number of likely N-dealkylation sites (tertiary alicyclic amines) is 1. The molecule has 2 rings (SSSR count). The normalized spacial score (nSPS) is 17.4. The van der Waals surface area contributed by atoms with Crippen LogP contribution < -0.4 is 4.74 Å². The maximum absolute atomic E-state index is 12.5. The van der Waals surface area contributed by atoms with Gasteiger partial charge in [0.1, 0.15) is 5.75 Å². The lowest BCUT2D eigenvalue weighted by atomic mass is 9.91. The lowest BCUT2D eigenvalue weighted by Crippen LogP contribution is -2.50. The summed E-state index contributed by atoms with van der Waals surface area (Å²) in [5.74, 6) is -0.883. The minimum atomic E-state index is -1.73. The number of ether oxygens (including phenoxy) is 1. The minimum absolute atomic E-state index is 0.0235. The van der Waals surface area contributed by atoms with Gasteiger partial charge >= 0.3 is 5.97 Å². The smallest absolute Gasteiger partial charge is 0.335 e. The second kappa shape index (κ2) is 6.03. The molecule has 0 saturated carbocycles. The molecule has 1 aliphatic rings. The van der Waals surface area contributed by atoms with Crippen LogP contribution in [0.1, 0.15) is 23.2 Å². The van der Waals surface area contributed by atoms with Gasteiger partial charge in [0.05, 0.1) is 12.7 Å². The van der Waals surface area contributed by atoms with Crippen LogP contribution in [0.4, 0.5) is 0 Å². The van der Waals surface area contributed by atoms with Gasteiger partial charge in [0.15, 0.2) is 5.60 Å². The third kappa shape index (κ3) is 3.19. The summed E-state index contributed by atoms with van der Waals surface area (Å²) < 4.78 is 5.75. The van der Waals surface area contributed by atoms with Crippen LogP contribution in [0.2, 0.25) is 0 Å². The highest BCUT2D eigenvalue weighted by Crippen LogP contribution is 2.27. The standard InChI is InChI=1S/C14H16BrNO5/c1-21-9-2-3-11(15)10(8-9)12(17)16-6-4-14(20,5-7-16)13(18)19/h2-3,8,20H,4-7H2,1H3,(H,18,19). The SMILES string of the molecule is COc1ccc(Br)c(C(=O)N2CCC(O)(C(=O)O)CC2)c1. The molecule has 1 aromatic carbocycles. The first kappa shape index (κ1) is 15.8. The van der Waals surface area contributed by atoms with Crippen LogP contribution in [0.5, 0.6) is 5.75 Å². The summed E-state index contributed by atoms with van der Waals surface area (Å²) in [5, 5.41) is 18.9. The Balaban J connectivity index is 2.14. The van der Waals surface area contributed by atoms with Crippen LogP contribution in [0.15, 0.2) is 22.7 Å². The highest BCUT2D eigenvalue weighted by molar-refractivity contribution is 9.10. The van der Waals surface area contributed by atoms with E-state index in [1.807, 2.05) is 0 Å². The number of nitrogens with zero attached hydrogens (tertiary/aromatic N) is 1. The zero-order valence-electron chi connectivity index (χ0n) is 11.5. The highest BCUT2D eigenvalue weighted by atomic mass is 79.9. The molecule has 0 unspecified atom stereocenters. The summed E-state index contributed by atoms with van der Waals surface area (Å²) in [6.45, 7) is 0.399. The number of carbonyl (C=O) groups excluding carboxylic acids is 1. The second-order valence-corrected chi connectivity index (χ2v) is 5.83. The van der Waals surface area contributed by atoms with Crippen molar-refractivity contribution in [3.05, 3.63) is 28.2 Å². The predicted octanol–water partition coefficient (Wildman–Crippen LogP) is 1.51. The van der Waals surface area contributed by atoms with Gasteiger partial charge in [0.2, 0.25) is 0 Å². The fourth-order valence-electron chi connectivity index (χ4n) is 2.26. The average Bonchev–Trinajstić information content (AvgIpc) is 2.48. The fourth-order valence-corrected chi connectivity index (χ4v) is 2.68. The number of methoxy groups -OCH3 is 1. The number of hydrogen-bond donors (Lipinski definition) is 2. The van der Waals surface area contributed by atoms with Crippen LogP contribution >= 0.6 is 15.9 Å². The molecule has 1 saturated heterocycles. The predicted molar refractivity (Wildman–Crippen MR) is 78.4 cm³/mol. The first-order chi connectivity index (χ1) is 9.87. The molecule has 0 spiro atoms. The Labute approximate surface area is 130 Å². The fraction of sp³-hybridized carbons (Fsp3) is 0.429. The molecule has 114 valence electrons. The van der Waals surface area contributed by atoms with Gasteiger partial charge in [-0.15, -0.1) is 0 Å². The van der Waals surface area contributed by atoms with Crippen molar-refractivity contribution in [2.24, 2.45) is 0 Å². The van der Waals surface area contributed by atoms with Gasteiger partial charge in [-0.2, -0.15) is 0 Å². The molecule has 21 heavy (non-hydrogen) atoms. The third-order valence-electron chi connectivity index (χ3n) is 3.68. The van der Waals surface area contributed by atoms with Crippen LogP contribution in [-0.4, -0.2) is 52.8 Å². The molecule has 1 aliphatic heterocycles. The first-order valence-corrected chi connectivity index (χ1v) is 7.25. The Kier molecular flexibility index (Phi) is 4.53. The Hall–Kier alpha value is -1.60. The Morgan fingerprint density at radius 3 is 2.48 bits per heavy atom. The van der Waals surface area contributed by atoms with Crippen molar-refractivity contribution in [2.75, 3.05) is 20.2 Å². The summed E-state index contributed by atoms with van der Waals surface area (Å²) in [5.41, 5.74) is -1.28. The van der Waals surface area contributed by atoms with Crippen molar-refractivity contribution in [2.45, 2.75) is 18.4 Å². The number of aliphatic hydroxyl groups is 1. The van der Waals surface area contributed by atoms with Crippen molar-refractivity contribution in [1.29, 1.82) is 0 Å². The molecular formula is C14H16BrNO5. The van der Waals surface area contributed by atoms with Crippen molar-refractivity contribution in [1.82, 2.24) is 4.90 Å². The average molecular weight is 358 g/mol. The summed E-state index contributed by atoms with van der Waals surface area (Å²) in [4.78, 5) is 25.0. The molecule has 2 N–H and O–H groups in total. The topological polar surface area (TPSA) is 87.1 Å². The highest BCUT2D eigenvalue weighted by Gasteiger charge is 2.40. The maximum atomic E-state index is 12.5. The summed E-state index contributed by atoms with van der Waals surface area (Å²) >= 11 is 3.33.